The number of anilines is 2. The molecule has 0 N–H and O–H groups in total. The van der Waals surface area contributed by atoms with Gasteiger partial charge < -0.3 is 0 Å². The monoisotopic (exact) mass is 424 g/mol. The predicted octanol–water partition coefficient (Wildman–Crippen LogP) is 4.14. The van der Waals surface area contributed by atoms with Gasteiger partial charge in [0.25, 0.3) is 5.78 Å². The molecule has 0 fully saturated rings. The Kier molecular flexibility index (Phi) is 5.33. The first-order chi connectivity index (χ1) is 14.0. The zero-order valence-electron chi connectivity index (χ0n) is 16.6. The van der Waals surface area contributed by atoms with Gasteiger partial charge in [0.1, 0.15) is 0 Å². The third-order valence-electron chi connectivity index (χ3n) is 4.60. The molecule has 4 aromatic rings. The number of para-hydroxylation sites is 1. The molecule has 0 aliphatic rings. The van der Waals surface area contributed by atoms with Gasteiger partial charge in [-0.1, -0.05) is 30.0 Å². The zero-order chi connectivity index (χ0) is 20.5. The molecule has 0 saturated carbocycles. The molecule has 29 heavy (non-hydrogen) atoms. The summed E-state index contributed by atoms with van der Waals surface area (Å²) in [6, 6.07) is 9.59. The third kappa shape index (κ3) is 3.75. The number of aryl methyl sites for hydroxylation is 3. The number of hydrogen-bond donors (Lipinski definition) is 0. The Bertz CT molecular complexity index is 1180. The number of rotatable bonds is 5. The van der Waals surface area contributed by atoms with Gasteiger partial charge in [0.05, 0.1) is 17.8 Å². The molecule has 1 aromatic carbocycles. The van der Waals surface area contributed by atoms with Crippen LogP contribution in [0, 0.1) is 20.8 Å². The molecule has 0 aliphatic heterocycles. The summed E-state index contributed by atoms with van der Waals surface area (Å²) in [5, 5.41) is 7.74. The van der Waals surface area contributed by atoms with E-state index in [9.17, 15) is 4.79 Å². The van der Waals surface area contributed by atoms with Crippen molar-refractivity contribution in [1.82, 2.24) is 24.6 Å². The summed E-state index contributed by atoms with van der Waals surface area (Å²) in [6.45, 7) is 5.78. The van der Waals surface area contributed by atoms with Crippen LogP contribution in [0.3, 0.4) is 0 Å². The van der Waals surface area contributed by atoms with E-state index >= 15 is 0 Å². The molecule has 7 nitrogen and oxygen atoms in total. The summed E-state index contributed by atoms with van der Waals surface area (Å²) in [6.07, 6.45) is 2.12. The molecule has 0 aliphatic carbocycles. The van der Waals surface area contributed by atoms with Crippen molar-refractivity contribution in [2.45, 2.75) is 32.3 Å². The van der Waals surface area contributed by atoms with Gasteiger partial charge in [-0.05, 0) is 39.2 Å². The lowest BCUT2D eigenvalue weighted by molar-refractivity contribution is -0.117. The van der Waals surface area contributed by atoms with Gasteiger partial charge in [0.2, 0.25) is 11.1 Å². The summed E-state index contributed by atoms with van der Waals surface area (Å²) in [5.74, 6) is 0.485. The number of thioether (sulfide) groups is 1. The maximum Gasteiger partial charge on any atom is 0.253 e. The molecule has 1 amide bonds. The van der Waals surface area contributed by atoms with E-state index < -0.39 is 0 Å². The first-order valence-corrected chi connectivity index (χ1v) is 11.2. The van der Waals surface area contributed by atoms with Crippen LogP contribution in [0.2, 0.25) is 0 Å². The lowest BCUT2D eigenvalue weighted by Crippen LogP contribution is -2.28. The van der Waals surface area contributed by atoms with E-state index in [1.54, 1.807) is 9.42 Å². The molecule has 0 saturated heterocycles. The lowest BCUT2D eigenvalue weighted by atomic mass is 10.1. The van der Waals surface area contributed by atoms with E-state index in [0.29, 0.717) is 16.1 Å². The number of aromatic nitrogens is 5. The molecule has 3 aromatic heterocycles. The quantitative estimate of drug-likeness (QED) is 0.448. The molecule has 0 unspecified atom stereocenters. The van der Waals surface area contributed by atoms with Crippen LogP contribution < -0.4 is 4.90 Å². The molecule has 0 spiro atoms. The van der Waals surface area contributed by atoms with Crippen LogP contribution in [-0.2, 0) is 11.2 Å². The van der Waals surface area contributed by atoms with Crippen molar-refractivity contribution in [3.05, 3.63) is 58.4 Å². The van der Waals surface area contributed by atoms with Crippen LogP contribution in [0.25, 0.3) is 5.78 Å². The van der Waals surface area contributed by atoms with Crippen molar-refractivity contribution < 1.29 is 4.79 Å². The van der Waals surface area contributed by atoms with Crippen LogP contribution in [0.5, 0.6) is 0 Å². The highest BCUT2D eigenvalue weighted by Gasteiger charge is 2.24. The summed E-state index contributed by atoms with van der Waals surface area (Å²) in [4.78, 5) is 28.6. The maximum atomic E-state index is 13.4. The minimum absolute atomic E-state index is 0.0666. The highest BCUT2D eigenvalue weighted by Crippen LogP contribution is 2.30. The van der Waals surface area contributed by atoms with Crippen molar-refractivity contribution in [3.63, 3.8) is 0 Å². The molecular weight excluding hydrogens is 404 g/mol. The van der Waals surface area contributed by atoms with E-state index in [1.165, 1.54) is 23.1 Å². The van der Waals surface area contributed by atoms with Crippen molar-refractivity contribution >= 4 is 45.6 Å². The van der Waals surface area contributed by atoms with Crippen LogP contribution in [0.4, 0.5) is 10.8 Å². The van der Waals surface area contributed by atoms with E-state index in [4.69, 9.17) is 0 Å². The van der Waals surface area contributed by atoms with Gasteiger partial charge in [-0.2, -0.15) is 4.98 Å². The molecule has 0 radical (unpaired) electrons. The van der Waals surface area contributed by atoms with Gasteiger partial charge in [-0.3, -0.25) is 9.69 Å². The average molecular weight is 425 g/mol. The number of thiazole rings is 1. The highest BCUT2D eigenvalue weighted by molar-refractivity contribution is 7.98. The molecule has 9 heteroatoms. The van der Waals surface area contributed by atoms with E-state index in [1.807, 2.05) is 62.7 Å². The number of carbonyl (C=O) groups excluding carboxylic acids is 1. The number of amides is 1. The first kappa shape index (κ1) is 19.5. The smallest absolute Gasteiger partial charge is 0.253 e. The first-order valence-electron chi connectivity index (χ1n) is 9.05. The summed E-state index contributed by atoms with van der Waals surface area (Å²) < 4.78 is 1.71. The Labute approximate surface area is 176 Å². The van der Waals surface area contributed by atoms with Gasteiger partial charge in [0.15, 0.2) is 5.13 Å². The lowest BCUT2D eigenvalue weighted by Gasteiger charge is -2.21. The predicted molar refractivity (Wildman–Crippen MR) is 116 cm³/mol. The SMILES string of the molecule is CSc1nc2nc(C)c(CC(=O)N(c3ccccc3)c3nc(C)cs3)c(C)n2n1. The van der Waals surface area contributed by atoms with Gasteiger partial charge in [-0.25, -0.2) is 14.5 Å². The van der Waals surface area contributed by atoms with Gasteiger partial charge >= 0.3 is 0 Å². The number of benzene rings is 1. The fourth-order valence-corrected chi connectivity index (χ4v) is 4.32. The summed E-state index contributed by atoms with van der Waals surface area (Å²) in [5.41, 5.74) is 4.20. The van der Waals surface area contributed by atoms with E-state index in [2.05, 4.69) is 20.1 Å². The molecule has 4 rings (SSSR count). The summed E-state index contributed by atoms with van der Waals surface area (Å²) in [7, 11) is 0. The Morgan fingerprint density at radius 3 is 2.55 bits per heavy atom. The van der Waals surface area contributed by atoms with Crippen LogP contribution in [0.1, 0.15) is 22.6 Å². The van der Waals surface area contributed by atoms with Crippen LogP contribution in [0.15, 0.2) is 40.9 Å². The second-order valence-electron chi connectivity index (χ2n) is 6.58. The number of hydrogen-bond acceptors (Lipinski definition) is 7. The molecule has 0 bridgehead atoms. The third-order valence-corrected chi connectivity index (χ3v) is 6.08. The van der Waals surface area contributed by atoms with Crippen molar-refractivity contribution in [3.8, 4) is 0 Å². The normalized spacial score (nSPS) is 11.2. The van der Waals surface area contributed by atoms with Crippen molar-refractivity contribution in [2.75, 3.05) is 11.2 Å². The Morgan fingerprint density at radius 1 is 1.14 bits per heavy atom. The standard InChI is InChI=1S/C20H20N6OS2/c1-12-11-29-20(21-12)25(15-8-6-5-7-9-15)17(27)10-16-13(2)22-18-23-19(28-4)24-26(18)14(16)3/h5-9,11H,10H2,1-4H3. The molecule has 148 valence electrons. The molecular formula is C20H20N6OS2. The van der Waals surface area contributed by atoms with E-state index in [0.717, 1.165) is 28.3 Å². The van der Waals surface area contributed by atoms with Gasteiger partial charge in [-0.15, -0.1) is 16.4 Å². The average Bonchev–Trinajstić information content (AvgIpc) is 3.32. The van der Waals surface area contributed by atoms with Crippen LogP contribution >= 0.6 is 23.1 Å². The Balaban J connectivity index is 1.74. The number of nitrogens with zero attached hydrogens (tertiary/aromatic N) is 6. The topological polar surface area (TPSA) is 76.3 Å². The molecule has 0 atom stereocenters. The second kappa shape index (κ2) is 7.92. The fraction of sp³-hybridized carbons (Fsp3) is 0.250. The highest BCUT2D eigenvalue weighted by atomic mass is 32.2. The summed E-state index contributed by atoms with van der Waals surface area (Å²) >= 11 is 2.92. The number of carbonyl (C=O) groups is 1. The van der Waals surface area contributed by atoms with Crippen molar-refractivity contribution in [1.29, 1.82) is 0 Å². The van der Waals surface area contributed by atoms with E-state index in [-0.39, 0.29) is 12.3 Å². The minimum Gasteiger partial charge on any atom is -0.274 e. The zero-order valence-corrected chi connectivity index (χ0v) is 18.2. The second-order valence-corrected chi connectivity index (χ2v) is 8.19. The number of fused-ring (bicyclic) bond motifs is 1. The minimum atomic E-state index is -0.0666. The fourth-order valence-electron chi connectivity index (χ4n) is 3.15. The maximum absolute atomic E-state index is 13.4. The van der Waals surface area contributed by atoms with Gasteiger partial charge in [0, 0.05) is 22.3 Å². The Hall–Kier alpha value is -2.78. The largest absolute Gasteiger partial charge is 0.274 e. The molecule has 3 heterocycles. The van der Waals surface area contributed by atoms with Crippen LogP contribution in [-0.4, -0.2) is 36.7 Å². The van der Waals surface area contributed by atoms with Crippen molar-refractivity contribution in [2.24, 2.45) is 0 Å². The Morgan fingerprint density at radius 2 is 1.90 bits per heavy atom.